The molecule has 1 unspecified atom stereocenters. The highest BCUT2D eigenvalue weighted by molar-refractivity contribution is 6.05. The first-order chi connectivity index (χ1) is 13.2. The third-order valence-corrected chi connectivity index (χ3v) is 5.76. The Morgan fingerprint density at radius 1 is 1.00 bits per heavy atom. The van der Waals surface area contributed by atoms with Crippen LogP contribution in [0.4, 0.5) is 0 Å². The molecule has 0 spiro atoms. The van der Waals surface area contributed by atoms with Crippen LogP contribution in [0, 0.1) is 0 Å². The van der Waals surface area contributed by atoms with Gasteiger partial charge in [-0.3, -0.25) is 19.4 Å². The van der Waals surface area contributed by atoms with E-state index < -0.39 is 0 Å². The van der Waals surface area contributed by atoms with E-state index in [0.717, 1.165) is 24.0 Å². The molecule has 136 valence electrons. The lowest BCUT2D eigenvalue weighted by atomic mass is 10.0. The summed E-state index contributed by atoms with van der Waals surface area (Å²) in [5, 5.41) is 1.22. The molecule has 2 aliphatic heterocycles. The minimum atomic E-state index is -0.344. The smallest absolute Gasteiger partial charge is 0.247 e. The third kappa shape index (κ3) is 2.75. The van der Waals surface area contributed by atoms with Crippen LogP contribution >= 0.6 is 0 Å². The Morgan fingerprint density at radius 3 is 2.63 bits per heavy atom. The van der Waals surface area contributed by atoms with Crippen molar-refractivity contribution in [1.82, 2.24) is 14.8 Å². The molecule has 1 N–H and O–H groups in total. The van der Waals surface area contributed by atoms with E-state index in [1.54, 1.807) is 0 Å². The molecule has 0 bridgehead atoms. The Morgan fingerprint density at radius 2 is 1.78 bits per heavy atom. The largest absolute Gasteiger partial charge is 0.358 e. The third-order valence-electron chi connectivity index (χ3n) is 5.76. The molecule has 0 radical (unpaired) electrons. The van der Waals surface area contributed by atoms with Gasteiger partial charge in [-0.25, -0.2) is 0 Å². The summed E-state index contributed by atoms with van der Waals surface area (Å²) in [7, 11) is 0. The molecule has 27 heavy (non-hydrogen) atoms. The highest BCUT2D eigenvalue weighted by Gasteiger charge is 2.42. The van der Waals surface area contributed by atoms with Crippen molar-refractivity contribution >= 4 is 22.7 Å². The highest BCUT2D eigenvalue weighted by atomic mass is 16.2. The van der Waals surface area contributed by atoms with Crippen LogP contribution in [0.5, 0.6) is 0 Å². The number of fused-ring (bicyclic) bond motifs is 3. The first-order valence-electron chi connectivity index (χ1n) is 9.41. The molecule has 1 fully saturated rings. The van der Waals surface area contributed by atoms with Gasteiger partial charge in [0.05, 0.1) is 19.0 Å². The van der Waals surface area contributed by atoms with Gasteiger partial charge in [-0.15, -0.1) is 0 Å². The topological polar surface area (TPSA) is 56.4 Å². The molecule has 2 aromatic carbocycles. The number of carbonyl (C=O) groups is 2. The van der Waals surface area contributed by atoms with Crippen molar-refractivity contribution in [3.05, 3.63) is 71.4 Å². The van der Waals surface area contributed by atoms with Crippen LogP contribution in [0.15, 0.2) is 54.6 Å². The second-order valence-electron chi connectivity index (χ2n) is 7.37. The van der Waals surface area contributed by atoms with Crippen molar-refractivity contribution in [1.29, 1.82) is 0 Å². The fourth-order valence-corrected chi connectivity index (χ4v) is 4.34. The first-order valence-corrected chi connectivity index (χ1v) is 9.41. The van der Waals surface area contributed by atoms with Crippen molar-refractivity contribution in [3.8, 4) is 0 Å². The summed E-state index contributed by atoms with van der Waals surface area (Å²) in [5.41, 5.74) is 4.64. The zero-order chi connectivity index (χ0) is 18.4. The van der Waals surface area contributed by atoms with E-state index in [1.807, 2.05) is 42.5 Å². The van der Waals surface area contributed by atoms with Crippen LogP contribution in [-0.2, 0) is 29.1 Å². The van der Waals surface area contributed by atoms with Crippen LogP contribution in [0.25, 0.3) is 10.9 Å². The number of imide groups is 1. The number of hydrogen-bond acceptors (Lipinski definition) is 3. The average Bonchev–Trinajstić information content (AvgIpc) is 3.20. The maximum atomic E-state index is 13.0. The Kier molecular flexibility index (Phi) is 3.83. The summed E-state index contributed by atoms with van der Waals surface area (Å²) in [6, 6.07) is 17.6. The van der Waals surface area contributed by atoms with Gasteiger partial charge in [0.1, 0.15) is 0 Å². The number of H-pyrrole nitrogens is 1. The zero-order valence-corrected chi connectivity index (χ0v) is 15.0. The quantitative estimate of drug-likeness (QED) is 0.732. The van der Waals surface area contributed by atoms with Gasteiger partial charge >= 0.3 is 0 Å². The fraction of sp³-hybridized carbons (Fsp3) is 0.273. The molecule has 1 saturated heterocycles. The molecule has 0 saturated carbocycles. The van der Waals surface area contributed by atoms with Crippen molar-refractivity contribution in [2.75, 3.05) is 6.54 Å². The Hall–Kier alpha value is -2.92. The van der Waals surface area contributed by atoms with E-state index in [9.17, 15) is 9.59 Å². The van der Waals surface area contributed by atoms with Gasteiger partial charge < -0.3 is 4.98 Å². The summed E-state index contributed by atoms with van der Waals surface area (Å²) in [5.74, 6) is -0.134. The predicted molar refractivity (Wildman–Crippen MR) is 103 cm³/mol. The summed E-state index contributed by atoms with van der Waals surface area (Å²) in [6.07, 6.45) is 1.16. The Labute approximate surface area is 157 Å². The average molecular weight is 359 g/mol. The molecule has 1 atom stereocenters. The van der Waals surface area contributed by atoms with Gasteiger partial charge in [0.2, 0.25) is 11.8 Å². The SMILES string of the molecule is O=C1CC(N2CCc3[nH]c4ccccc4c3C2)C(=O)N1Cc1ccccc1. The van der Waals surface area contributed by atoms with Crippen LogP contribution in [-0.4, -0.2) is 39.2 Å². The number of carbonyl (C=O) groups excluding carboxylic acids is 2. The molecular weight excluding hydrogens is 338 g/mol. The van der Waals surface area contributed by atoms with Gasteiger partial charge in [-0.2, -0.15) is 0 Å². The van der Waals surface area contributed by atoms with Crippen LogP contribution in [0.3, 0.4) is 0 Å². The number of benzene rings is 2. The molecule has 3 heterocycles. The van der Waals surface area contributed by atoms with Crippen molar-refractivity contribution in [2.24, 2.45) is 0 Å². The number of hydrogen-bond donors (Lipinski definition) is 1. The van der Waals surface area contributed by atoms with Gasteiger partial charge in [0.25, 0.3) is 0 Å². The predicted octanol–water partition coefficient (Wildman–Crippen LogP) is 2.85. The number of nitrogens with one attached hydrogen (secondary N) is 1. The van der Waals surface area contributed by atoms with Crippen LogP contribution < -0.4 is 0 Å². The van der Waals surface area contributed by atoms with E-state index in [-0.39, 0.29) is 24.3 Å². The number of aromatic amines is 1. The molecular formula is C22H21N3O2. The number of rotatable bonds is 3. The first kappa shape index (κ1) is 16.3. The summed E-state index contributed by atoms with van der Waals surface area (Å²) in [6.45, 7) is 1.87. The monoisotopic (exact) mass is 359 g/mol. The van der Waals surface area contributed by atoms with Crippen LogP contribution in [0.1, 0.15) is 23.2 Å². The molecule has 5 rings (SSSR count). The lowest BCUT2D eigenvalue weighted by molar-refractivity contribution is -0.140. The van der Waals surface area contributed by atoms with Crippen molar-refractivity contribution in [3.63, 3.8) is 0 Å². The second-order valence-corrected chi connectivity index (χ2v) is 7.37. The van der Waals surface area contributed by atoms with Gasteiger partial charge in [0, 0.05) is 36.1 Å². The highest BCUT2D eigenvalue weighted by Crippen LogP contribution is 2.31. The second kappa shape index (κ2) is 6.35. The Balaban J connectivity index is 1.38. The van der Waals surface area contributed by atoms with Gasteiger partial charge in [-0.1, -0.05) is 48.5 Å². The normalized spacial score (nSPS) is 20.4. The molecule has 2 amide bonds. The van der Waals surface area contributed by atoms with E-state index >= 15 is 0 Å². The van der Waals surface area contributed by atoms with E-state index in [1.165, 1.54) is 21.5 Å². The number of nitrogens with zero attached hydrogens (tertiary/aromatic N) is 2. The summed E-state index contributed by atoms with van der Waals surface area (Å²) >= 11 is 0. The lowest BCUT2D eigenvalue weighted by Gasteiger charge is -2.31. The minimum Gasteiger partial charge on any atom is -0.358 e. The summed E-state index contributed by atoms with van der Waals surface area (Å²) < 4.78 is 0. The van der Waals surface area contributed by atoms with Crippen LogP contribution in [0.2, 0.25) is 0 Å². The summed E-state index contributed by atoms with van der Waals surface area (Å²) in [4.78, 5) is 32.6. The van der Waals surface area contributed by atoms with Gasteiger partial charge in [-0.05, 0) is 17.2 Å². The molecule has 5 nitrogen and oxygen atoms in total. The zero-order valence-electron chi connectivity index (χ0n) is 15.0. The van der Waals surface area contributed by atoms with Crippen molar-refractivity contribution in [2.45, 2.75) is 32.0 Å². The van der Waals surface area contributed by atoms with Gasteiger partial charge in [0.15, 0.2) is 0 Å². The van der Waals surface area contributed by atoms with E-state index in [0.29, 0.717) is 13.1 Å². The Bertz CT molecular complexity index is 1020. The van der Waals surface area contributed by atoms with Crippen molar-refractivity contribution < 1.29 is 9.59 Å². The molecule has 1 aromatic heterocycles. The van der Waals surface area contributed by atoms with E-state index in [2.05, 4.69) is 22.0 Å². The molecule has 5 heteroatoms. The number of para-hydroxylation sites is 1. The van der Waals surface area contributed by atoms with E-state index in [4.69, 9.17) is 0 Å². The number of likely N-dealkylation sites (tertiary alicyclic amines) is 1. The molecule has 0 aliphatic carbocycles. The molecule has 3 aromatic rings. The number of aromatic nitrogens is 1. The standard InChI is InChI=1S/C22H21N3O2/c26-21-12-20(22(27)25(21)13-15-6-2-1-3-7-15)24-11-10-19-17(14-24)16-8-4-5-9-18(16)23-19/h1-9,20,23H,10-14H2. The lowest BCUT2D eigenvalue weighted by Crippen LogP contribution is -2.44. The fourth-order valence-electron chi connectivity index (χ4n) is 4.34. The maximum Gasteiger partial charge on any atom is 0.247 e. The number of amides is 2. The molecule has 2 aliphatic rings. The maximum absolute atomic E-state index is 13.0. The minimum absolute atomic E-state index is 0.0628.